The zero-order valence-corrected chi connectivity index (χ0v) is 54.1. The summed E-state index contributed by atoms with van der Waals surface area (Å²) in [6, 6.07) is 2.22. The fourth-order valence-electron chi connectivity index (χ4n) is 9.85. The van der Waals surface area contributed by atoms with Crippen molar-refractivity contribution in [3.05, 3.63) is 71.8 Å². The van der Waals surface area contributed by atoms with Crippen LogP contribution in [0.25, 0.3) is 0 Å². The number of hydrogen-bond acceptors (Lipinski definition) is 17. The molecule has 0 saturated carbocycles. The molecule has 28 nitrogen and oxygen atoms in total. The van der Waals surface area contributed by atoms with E-state index in [-0.39, 0.29) is 32.2 Å². The number of nitrogens with one attached hydrogen (secondary N) is 11. The summed E-state index contributed by atoms with van der Waals surface area (Å²) in [6.07, 6.45) is -0.451. The minimum absolute atomic E-state index is 0.0845. The fourth-order valence-corrected chi connectivity index (χ4v) is 9.85. The Morgan fingerprint density at radius 1 is 0.560 bits per heavy atom. The Bertz CT molecular complexity index is 2750. The van der Waals surface area contributed by atoms with Crippen LogP contribution in [0.3, 0.4) is 0 Å². The van der Waals surface area contributed by atoms with Crippen LogP contribution >= 0.6 is 0 Å². The molecule has 3 rings (SSSR count). The molecule has 506 valence electrons. The smallest absolute Gasteiger partial charge is 0.329 e. The third-order valence-corrected chi connectivity index (χ3v) is 16.6. The topological polar surface area (TPSA) is 439 Å². The van der Waals surface area contributed by atoms with Crippen molar-refractivity contribution in [2.45, 2.75) is 199 Å². The Morgan fingerprint density at radius 2 is 1.00 bits per heavy atom. The highest BCUT2D eigenvalue weighted by molar-refractivity contribution is 6.00. The number of rotatable bonds is 35. The van der Waals surface area contributed by atoms with Crippen LogP contribution in [0.1, 0.15) is 125 Å². The lowest BCUT2D eigenvalue weighted by molar-refractivity contribution is -0.157. The number of carbonyl (C=O) groups excluding carboxylic acids is 12. The quantitative estimate of drug-likeness (QED) is 0.0333. The minimum Gasteiger partial charge on any atom is -0.458 e. The molecule has 1 aliphatic rings. The average Bonchev–Trinajstić information content (AvgIpc) is 2.32. The normalized spacial score (nSPS) is 20.8. The van der Waals surface area contributed by atoms with Crippen LogP contribution < -0.4 is 70.0 Å². The van der Waals surface area contributed by atoms with Gasteiger partial charge in [-0.3, -0.25) is 52.7 Å². The van der Waals surface area contributed by atoms with Gasteiger partial charge in [-0.05, 0) is 81.0 Å². The highest BCUT2D eigenvalue weighted by atomic mass is 16.5. The largest absolute Gasteiger partial charge is 0.458 e. The molecule has 1 heterocycles. The lowest BCUT2D eigenvalue weighted by atomic mass is 9.94. The summed E-state index contributed by atoms with van der Waals surface area (Å²) in [4.78, 5) is 167. The third-order valence-electron chi connectivity index (χ3n) is 16.6. The third kappa shape index (κ3) is 24.2. The zero-order valence-electron chi connectivity index (χ0n) is 54.1. The molecule has 1 aliphatic heterocycles. The van der Waals surface area contributed by atoms with Crippen LogP contribution in [0.5, 0.6) is 0 Å². The predicted octanol–water partition coefficient (Wildman–Crippen LogP) is -1.97. The lowest BCUT2D eigenvalue weighted by Gasteiger charge is -2.31. The standard InChI is InChI=1S/C63H99N13O15/c1-11-34(5)48(73-55(82)43(66-10)30-39-22-17-15-18-23-39)59(86)70-45(32-77)57(84)68-42(27-28-47(65)79)54(81)72-50(36(7)13-3)61(88)74-49(35(6)12-2)60(87)71-46(33-78)58(85)76-52-38(9)91-63(90)51(37(8)14-4)75-53(80)41(26-21-29-64)67-56(83)44(69-62(52)89)31-40-24-19-16-20-25-40/h15-20,22-25,34-38,41-46,48-52,66,77-78H,11-14,21,26-33,64H2,1-10H3,(H2,65,79)(H,67,83)(H,68,84)(H,69,89)(H,70,86)(H,71,87)(H,72,81)(H,73,82)(H,74,88)(H,75,80)(H,76,85)/t34-,35-,36+,37-,38-,41-,42+,43+,44-,45-,46-,48-,49-,50+,51-,52+/m0/s1. The first-order valence-electron chi connectivity index (χ1n) is 31.4. The number of nitrogens with two attached hydrogens (primary N) is 2. The maximum Gasteiger partial charge on any atom is 0.329 e. The van der Waals surface area contributed by atoms with E-state index in [1.54, 1.807) is 92.8 Å². The second-order valence-electron chi connectivity index (χ2n) is 23.4. The summed E-state index contributed by atoms with van der Waals surface area (Å²) >= 11 is 0. The molecule has 2 aromatic carbocycles. The van der Waals surface area contributed by atoms with E-state index in [1.165, 1.54) is 6.92 Å². The van der Waals surface area contributed by atoms with Gasteiger partial charge in [0.2, 0.25) is 65.0 Å². The molecule has 2 aromatic rings. The Morgan fingerprint density at radius 3 is 1.47 bits per heavy atom. The summed E-state index contributed by atoms with van der Waals surface area (Å²) < 4.78 is 5.81. The van der Waals surface area contributed by atoms with Crippen LogP contribution in [0, 0.1) is 23.7 Å². The van der Waals surface area contributed by atoms with Crippen LogP contribution in [0.2, 0.25) is 0 Å². The van der Waals surface area contributed by atoms with Gasteiger partial charge in [-0.25, -0.2) is 4.79 Å². The molecule has 16 atom stereocenters. The van der Waals surface area contributed by atoms with Crippen molar-refractivity contribution in [2.24, 2.45) is 35.1 Å². The van der Waals surface area contributed by atoms with Crippen molar-refractivity contribution in [1.82, 2.24) is 58.5 Å². The number of aliphatic hydroxyl groups is 2. The SMILES string of the molecule is CC[C@@H](C)[C@@H](NC(=O)[C@@H](CCC(N)=O)NC(=O)[C@H](CO)NC(=O)[C@@H](NC(=O)[C@@H](Cc1ccccc1)NC)[C@@H](C)CC)C(=O)N[C@H](C(=O)N[C@@H](CO)C(=O)N[C@H]1C(=O)N[C@@H](Cc2ccccc2)C(=O)N[C@@H](CCCN)C(=O)N[C@@H]([C@@H](C)CC)C(=O)O[C@H]1C)[C@@H](C)CC. The average molecular weight is 1280 g/mol. The van der Waals surface area contributed by atoms with Crippen LogP contribution in [0.15, 0.2) is 60.7 Å². The molecule has 0 aromatic heterocycles. The highest BCUT2D eigenvalue weighted by Gasteiger charge is 2.41. The number of amides is 11. The number of cyclic esters (lactones) is 1. The van der Waals surface area contributed by atoms with Gasteiger partial charge in [0.15, 0.2) is 0 Å². The highest BCUT2D eigenvalue weighted by Crippen LogP contribution is 2.18. The van der Waals surface area contributed by atoms with Crippen molar-refractivity contribution in [1.29, 1.82) is 0 Å². The Hall–Kier alpha value is -8.08. The predicted molar refractivity (Wildman–Crippen MR) is 337 cm³/mol. The van der Waals surface area contributed by atoms with Crippen molar-refractivity contribution >= 4 is 70.9 Å². The summed E-state index contributed by atoms with van der Waals surface area (Å²) in [6.45, 7) is 13.0. The summed E-state index contributed by atoms with van der Waals surface area (Å²) in [5.41, 5.74) is 12.7. The van der Waals surface area contributed by atoms with Gasteiger partial charge in [0, 0.05) is 12.8 Å². The molecule has 0 aliphatic carbocycles. The number of esters is 1. The monoisotopic (exact) mass is 1280 g/mol. The van der Waals surface area contributed by atoms with Gasteiger partial charge in [0.05, 0.1) is 19.3 Å². The van der Waals surface area contributed by atoms with Crippen molar-refractivity contribution in [3.8, 4) is 0 Å². The molecule has 28 heteroatoms. The first-order chi connectivity index (χ1) is 43.2. The van der Waals surface area contributed by atoms with E-state index in [9.17, 15) is 67.7 Å². The second-order valence-corrected chi connectivity index (χ2v) is 23.4. The van der Waals surface area contributed by atoms with Crippen molar-refractivity contribution in [3.63, 3.8) is 0 Å². The van der Waals surface area contributed by atoms with Gasteiger partial charge in [-0.2, -0.15) is 0 Å². The van der Waals surface area contributed by atoms with E-state index < -0.39 is 193 Å². The number of ether oxygens (including phenoxy) is 1. The van der Waals surface area contributed by atoms with Gasteiger partial charge in [0.1, 0.15) is 66.5 Å². The van der Waals surface area contributed by atoms with E-state index in [0.717, 1.165) is 5.56 Å². The van der Waals surface area contributed by atoms with Gasteiger partial charge in [-0.15, -0.1) is 0 Å². The molecule has 0 radical (unpaired) electrons. The molecule has 0 bridgehead atoms. The van der Waals surface area contributed by atoms with E-state index >= 15 is 0 Å². The first kappa shape index (κ1) is 77.2. The summed E-state index contributed by atoms with van der Waals surface area (Å²) in [5.74, 6) is -13.1. The van der Waals surface area contributed by atoms with Crippen LogP contribution in [-0.4, -0.2) is 181 Å². The molecule has 17 N–H and O–H groups in total. The molecule has 91 heavy (non-hydrogen) atoms. The number of primary amides is 1. The number of likely N-dealkylation sites (N-methyl/N-ethyl adjacent to an activating group) is 1. The Balaban J connectivity index is 1.91. The number of benzene rings is 2. The Labute approximate surface area is 532 Å². The maximum absolute atomic E-state index is 14.5. The summed E-state index contributed by atoms with van der Waals surface area (Å²) in [7, 11) is 1.60. The van der Waals surface area contributed by atoms with E-state index in [2.05, 4.69) is 58.5 Å². The van der Waals surface area contributed by atoms with Gasteiger partial charge in [0.25, 0.3) is 0 Å². The van der Waals surface area contributed by atoms with Gasteiger partial charge >= 0.3 is 5.97 Å². The second kappa shape index (κ2) is 39.2. The van der Waals surface area contributed by atoms with E-state index in [1.807, 2.05) is 30.3 Å². The number of aliphatic hydroxyl groups excluding tert-OH is 2. The molecule has 11 amide bonds. The van der Waals surface area contributed by atoms with Crippen LogP contribution in [-0.2, 0) is 75.1 Å². The molecule has 0 spiro atoms. The first-order valence-corrected chi connectivity index (χ1v) is 31.4. The molecule has 1 fully saturated rings. The molecule has 1 saturated heterocycles. The van der Waals surface area contributed by atoms with E-state index in [4.69, 9.17) is 16.2 Å². The van der Waals surface area contributed by atoms with Crippen molar-refractivity contribution < 1.29 is 72.5 Å². The number of carbonyl (C=O) groups is 12. The zero-order chi connectivity index (χ0) is 68.1. The minimum atomic E-state index is -1.84. The van der Waals surface area contributed by atoms with Crippen molar-refractivity contribution in [2.75, 3.05) is 26.8 Å². The van der Waals surface area contributed by atoms with Gasteiger partial charge in [-0.1, -0.05) is 142 Å². The number of hydrogen-bond donors (Lipinski definition) is 15. The Kier molecular flexibility index (Phi) is 33.3. The lowest BCUT2D eigenvalue weighted by Crippen LogP contribution is -2.63. The molecular weight excluding hydrogens is 1180 g/mol. The van der Waals surface area contributed by atoms with Crippen LogP contribution in [0.4, 0.5) is 0 Å². The maximum atomic E-state index is 14.5. The fraction of sp³-hybridized carbons (Fsp3) is 0.619. The molecule has 0 unspecified atom stereocenters. The van der Waals surface area contributed by atoms with E-state index in [0.29, 0.717) is 31.2 Å². The molecular formula is C63H99N13O15. The summed E-state index contributed by atoms with van der Waals surface area (Å²) in [5, 5.41) is 49.9. The van der Waals surface area contributed by atoms with Gasteiger partial charge < -0.3 is 84.9 Å².